The number of benzene rings is 3. The zero-order chi connectivity index (χ0) is 38.4. The third-order valence-electron chi connectivity index (χ3n) is 11.9. The molecule has 0 N–H and O–H groups in total. The summed E-state index contributed by atoms with van der Waals surface area (Å²) in [5, 5.41) is 0. The van der Waals surface area contributed by atoms with Gasteiger partial charge in [0.15, 0.2) is 5.76 Å². The number of likely N-dealkylation sites (tertiary alicyclic amines) is 1. The van der Waals surface area contributed by atoms with E-state index in [-0.39, 0.29) is 29.9 Å². The van der Waals surface area contributed by atoms with E-state index in [1.807, 2.05) is 41.3 Å². The Bertz CT molecular complexity index is 1670. The molecule has 1 saturated heterocycles. The molecule has 0 radical (unpaired) electrons. The van der Waals surface area contributed by atoms with Crippen molar-refractivity contribution >= 4 is 17.6 Å². The van der Waals surface area contributed by atoms with Crippen LogP contribution in [0.15, 0.2) is 108 Å². The summed E-state index contributed by atoms with van der Waals surface area (Å²) in [7, 11) is 0. The maximum absolute atomic E-state index is 13.7. The van der Waals surface area contributed by atoms with E-state index >= 15 is 0 Å². The third-order valence-corrected chi connectivity index (χ3v) is 11.9. The molecular weight excluding hydrogens is 689 g/mol. The molecule has 0 atom stereocenters. The summed E-state index contributed by atoms with van der Waals surface area (Å²) in [6.45, 7) is 8.65. The van der Waals surface area contributed by atoms with Crippen molar-refractivity contribution in [2.24, 2.45) is 10.8 Å². The molecule has 1 aliphatic carbocycles. The van der Waals surface area contributed by atoms with Crippen LogP contribution in [-0.4, -0.2) is 62.3 Å². The van der Waals surface area contributed by atoms with Crippen molar-refractivity contribution in [2.45, 2.75) is 97.3 Å². The van der Waals surface area contributed by atoms with E-state index in [0.29, 0.717) is 32.2 Å². The lowest BCUT2D eigenvalue weighted by Crippen LogP contribution is -2.48. The van der Waals surface area contributed by atoms with Crippen LogP contribution in [0.4, 0.5) is 5.69 Å². The average Bonchev–Trinajstić information content (AvgIpc) is 3.77. The molecule has 6 rings (SSSR count). The molecule has 1 aromatic heterocycles. The van der Waals surface area contributed by atoms with E-state index in [2.05, 4.69) is 60.4 Å². The zero-order valence-electron chi connectivity index (χ0n) is 33.0. The predicted octanol–water partition coefficient (Wildman–Crippen LogP) is 9.80. The molecule has 1 saturated carbocycles. The van der Waals surface area contributed by atoms with E-state index < -0.39 is 5.41 Å². The van der Waals surface area contributed by atoms with Crippen molar-refractivity contribution in [1.29, 1.82) is 0 Å². The summed E-state index contributed by atoms with van der Waals surface area (Å²) in [4.78, 5) is 30.5. The number of piperidine rings is 1. The second kappa shape index (κ2) is 20.1. The van der Waals surface area contributed by atoms with Gasteiger partial charge in [-0.05, 0) is 99.2 Å². The average molecular weight is 749 g/mol. The van der Waals surface area contributed by atoms with Crippen LogP contribution in [-0.2, 0) is 32.2 Å². The lowest BCUT2D eigenvalue weighted by atomic mass is 9.66. The summed E-state index contributed by atoms with van der Waals surface area (Å²) in [5.41, 5.74) is 4.06. The SMILES string of the molecule is CC(=O)OCC(CCC1(CCN2CCC(N(C(=O)c3ccco3)c3ccc(C)cc3)CC2)CCCCC1)(COCc1ccccc1)COCc1ccccc1. The van der Waals surface area contributed by atoms with Crippen LogP contribution in [0, 0.1) is 17.8 Å². The smallest absolute Gasteiger partial charge is 0.302 e. The highest BCUT2D eigenvalue weighted by Crippen LogP contribution is 2.46. The van der Waals surface area contributed by atoms with E-state index in [1.54, 1.807) is 18.4 Å². The maximum Gasteiger partial charge on any atom is 0.302 e. The summed E-state index contributed by atoms with van der Waals surface area (Å²) in [6.07, 6.45) is 12.6. The Morgan fingerprint density at radius 3 is 1.96 bits per heavy atom. The number of hydrogen-bond acceptors (Lipinski definition) is 7. The van der Waals surface area contributed by atoms with Gasteiger partial charge in [-0.3, -0.25) is 9.59 Å². The van der Waals surface area contributed by atoms with Crippen LogP contribution in [0.5, 0.6) is 0 Å². The maximum atomic E-state index is 13.7. The minimum atomic E-state index is -0.474. The molecule has 2 fully saturated rings. The highest BCUT2D eigenvalue weighted by atomic mass is 16.5. The molecule has 1 aliphatic heterocycles. The number of furan rings is 1. The predicted molar refractivity (Wildman–Crippen MR) is 217 cm³/mol. The molecule has 3 aromatic carbocycles. The number of anilines is 1. The number of aryl methyl sites for hydroxylation is 1. The van der Waals surface area contributed by atoms with Crippen molar-refractivity contribution in [3.05, 3.63) is 126 Å². The van der Waals surface area contributed by atoms with Crippen LogP contribution in [0.2, 0.25) is 0 Å². The van der Waals surface area contributed by atoms with E-state index in [9.17, 15) is 9.59 Å². The van der Waals surface area contributed by atoms with Crippen molar-refractivity contribution in [2.75, 3.05) is 44.4 Å². The molecule has 2 aliphatic rings. The standard InChI is InChI=1S/C47H60N2O6/c1-38-18-20-42(21-19-38)49(45(51)44-17-12-32-54-44)43-22-29-48(30-23-43)31-28-46(24-10-5-11-25-46)26-27-47(37-55-39(2)50,35-52-33-40-13-6-3-7-14-40)36-53-34-41-15-8-4-9-16-41/h3-4,6-9,12-21,32,43H,5,10-11,22-31,33-37H2,1-2H3. The monoisotopic (exact) mass is 748 g/mol. The van der Waals surface area contributed by atoms with Gasteiger partial charge in [0.05, 0.1) is 38.1 Å². The van der Waals surface area contributed by atoms with E-state index in [1.165, 1.54) is 44.6 Å². The molecule has 294 valence electrons. The van der Waals surface area contributed by atoms with Gasteiger partial charge in [0.2, 0.25) is 0 Å². The Balaban J connectivity index is 1.12. The van der Waals surface area contributed by atoms with Gasteiger partial charge >= 0.3 is 5.97 Å². The fourth-order valence-electron chi connectivity index (χ4n) is 8.49. The number of carbonyl (C=O) groups is 2. The van der Waals surface area contributed by atoms with Gasteiger partial charge in [-0.1, -0.05) is 97.6 Å². The van der Waals surface area contributed by atoms with Gasteiger partial charge < -0.3 is 28.4 Å². The number of ether oxygens (including phenoxy) is 3. The molecule has 4 aromatic rings. The lowest BCUT2D eigenvalue weighted by molar-refractivity contribution is -0.150. The molecule has 1 amide bonds. The number of rotatable bonds is 19. The van der Waals surface area contributed by atoms with Crippen molar-refractivity contribution in [3.8, 4) is 0 Å². The normalized spacial score (nSPS) is 16.5. The largest absolute Gasteiger partial charge is 0.465 e. The number of hydrogen-bond donors (Lipinski definition) is 0. The first kappa shape index (κ1) is 40.4. The van der Waals surface area contributed by atoms with E-state index in [4.69, 9.17) is 18.6 Å². The van der Waals surface area contributed by atoms with Crippen LogP contribution < -0.4 is 4.90 Å². The second-order valence-corrected chi connectivity index (χ2v) is 16.1. The summed E-state index contributed by atoms with van der Waals surface area (Å²) in [6, 6.07) is 32.4. The Hall–Kier alpha value is -4.24. The number of carbonyl (C=O) groups excluding carboxylic acids is 2. The quantitative estimate of drug-likeness (QED) is 0.0884. The highest BCUT2D eigenvalue weighted by Gasteiger charge is 2.39. The topological polar surface area (TPSA) is 81.5 Å². The van der Waals surface area contributed by atoms with Crippen LogP contribution in [0.3, 0.4) is 0 Å². The fraction of sp³-hybridized carbons (Fsp3) is 0.489. The second-order valence-electron chi connectivity index (χ2n) is 16.1. The van der Waals surface area contributed by atoms with Gasteiger partial charge in [0.25, 0.3) is 5.91 Å². The highest BCUT2D eigenvalue weighted by molar-refractivity contribution is 6.04. The van der Waals surface area contributed by atoms with Crippen molar-refractivity contribution < 1.29 is 28.2 Å². The first-order valence-corrected chi connectivity index (χ1v) is 20.3. The van der Waals surface area contributed by atoms with Crippen LogP contribution in [0.1, 0.15) is 98.4 Å². The first-order valence-electron chi connectivity index (χ1n) is 20.3. The Labute approximate surface area is 328 Å². The van der Waals surface area contributed by atoms with Gasteiger partial charge in [-0.25, -0.2) is 0 Å². The fourth-order valence-corrected chi connectivity index (χ4v) is 8.49. The third kappa shape index (κ3) is 11.9. The molecule has 2 heterocycles. The van der Waals surface area contributed by atoms with Crippen LogP contribution in [0.25, 0.3) is 0 Å². The molecule has 0 unspecified atom stereocenters. The summed E-state index contributed by atoms with van der Waals surface area (Å²) < 4.78 is 24.3. The van der Waals surface area contributed by atoms with Gasteiger partial charge in [0.1, 0.15) is 6.61 Å². The number of esters is 1. The molecule has 8 heteroatoms. The van der Waals surface area contributed by atoms with Gasteiger partial charge in [-0.15, -0.1) is 0 Å². The van der Waals surface area contributed by atoms with E-state index in [0.717, 1.165) is 68.6 Å². The molecule has 0 bridgehead atoms. The molecule has 8 nitrogen and oxygen atoms in total. The summed E-state index contributed by atoms with van der Waals surface area (Å²) >= 11 is 0. The lowest BCUT2D eigenvalue weighted by Gasteiger charge is -2.43. The minimum absolute atomic E-state index is 0.0776. The first-order chi connectivity index (χ1) is 26.8. The van der Waals surface area contributed by atoms with Crippen molar-refractivity contribution in [1.82, 2.24) is 4.90 Å². The van der Waals surface area contributed by atoms with Gasteiger partial charge in [0, 0.05) is 31.7 Å². The molecular formula is C47H60N2O6. The van der Waals surface area contributed by atoms with Crippen molar-refractivity contribution in [3.63, 3.8) is 0 Å². The Morgan fingerprint density at radius 1 is 0.782 bits per heavy atom. The Morgan fingerprint density at radius 2 is 1.40 bits per heavy atom. The minimum Gasteiger partial charge on any atom is -0.465 e. The van der Waals surface area contributed by atoms with Gasteiger partial charge in [-0.2, -0.15) is 0 Å². The number of nitrogens with zero attached hydrogens (tertiary/aromatic N) is 2. The summed E-state index contributed by atoms with van der Waals surface area (Å²) in [5.74, 6) is 0.0206. The zero-order valence-corrected chi connectivity index (χ0v) is 33.0. The van der Waals surface area contributed by atoms with Crippen LogP contribution >= 0.6 is 0 Å². The molecule has 0 spiro atoms. The molecule has 55 heavy (non-hydrogen) atoms. The Kier molecular flexibility index (Phi) is 14.8. The number of amides is 1.